The molecule has 1 saturated heterocycles. The Morgan fingerprint density at radius 1 is 1.30 bits per heavy atom. The zero-order valence-electron chi connectivity index (χ0n) is 15.1. The Morgan fingerprint density at radius 2 is 2.15 bits per heavy atom. The average Bonchev–Trinajstić information content (AvgIpc) is 3.42. The molecule has 1 N–H and O–H groups in total. The summed E-state index contributed by atoms with van der Waals surface area (Å²) in [6.07, 6.45) is 6.49. The Labute approximate surface area is 157 Å². The Bertz CT molecular complexity index is 801. The third kappa shape index (κ3) is 4.15. The summed E-state index contributed by atoms with van der Waals surface area (Å²) in [7, 11) is 0. The summed E-state index contributed by atoms with van der Waals surface area (Å²) in [6, 6.07) is 5.60. The number of amides is 2. The molecule has 0 radical (unpaired) electrons. The third-order valence-corrected chi connectivity index (χ3v) is 5.27. The molecule has 2 aromatic heterocycles. The molecule has 2 amide bonds. The number of likely N-dealkylation sites (tertiary alicyclic amines) is 1. The molecule has 1 aliphatic heterocycles. The van der Waals surface area contributed by atoms with Crippen LogP contribution >= 0.6 is 0 Å². The molecule has 142 valence electrons. The van der Waals surface area contributed by atoms with Gasteiger partial charge >= 0.3 is 0 Å². The van der Waals surface area contributed by atoms with Gasteiger partial charge in [0.1, 0.15) is 0 Å². The number of pyridine rings is 1. The molecule has 8 nitrogen and oxygen atoms in total. The van der Waals surface area contributed by atoms with Gasteiger partial charge in [-0.1, -0.05) is 24.1 Å². The Balaban J connectivity index is 1.28. The van der Waals surface area contributed by atoms with Gasteiger partial charge in [-0.05, 0) is 25.0 Å². The smallest absolute Gasteiger partial charge is 0.229 e. The fourth-order valence-electron chi connectivity index (χ4n) is 3.78. The van der Waals surface area contributed by atoms with E-state index < -0.39 is 0 Å². The van der Waals surface area contributed by atoms with Crippen molar-refractivity contribution in [2.24, 2.45) is 5.92 Å². The highest BCUT2D eigenvalue weighted by Crippen LogP contribution is 2.32. The first kappa shape index (κ1) is 17.6. The molecule has 1 saturated carbocycles. The van der Waals surface area contributed by atoms with Gasteiger partial charge in [-0.2, -0.15) is 4.98 Å². The fraction of sp³-hybridized carbons (Fsp3) is 0.526. The summed E-state index contributed by atoms with van der Waals surface area (Å²) in [5, 5.41) is 6.79. The lowest BCUT2D eigenvalue weighted by Gasteiger charge is -2.15. The molecule has 1 aliphatic carbocycles. The first-order valence-electron chi connectivity index (χ1n) is 9.47. The van der Waals surface area contributed by atoms with Crippen LogP contribution in [0, 0.1) is 5.92 Å². The number of aromatic nitrogens is 3. The highest BCUT2D eigenvalue weighted by Gasteiger charge is 2.34. The SMILES string of the molecule is O=C(NCc1noc(C2CCCC2)n1)[C@H]1CC(=O)N(Cc2ccccn2)C1. The van der Waals surface area contributed by atoms with E-state index in [0.29, 0.717) is 30.7 Å². The van der Waals surface area contributed by atoms with Crippen LogP contribution < -0.4 is 5.32 Å². The van der Waals surface area contributed by atoms with Crippen molar-refractivity contribution >= 4 is 11.8 Å². The van der Waals surface area contributed by atoms with Crippen molar-refractivity contribution in [3.63, 3.8) is 0 Å². The van der Waals surface area contributed by atoms with E-state index in [9.17, 15) is 9.59 Å². The molecule has 0 bridgehead atoms. The minimum atomic E-state index is -0.359. The number of rotatable bonds is 6. The normalized spacial score (nSPS) is 20.4. The lowest BCUT2D eigenvalue weighted by molar-refractivity contribution is -0.129. The molecule has 0 spiro atoms. The summed E-state index contributed by atoms with van der Waals surface area (Å²) in [4.78, 5) is 34.9. The largest absolute Gasteiger partial charge is 0.348 e. The van der Waals surface area contributed by atoms with Crippen LogP contribution in [-0.4, -0.2) is 38.4 Å². The molecule has 2 aliphatic rings. The number of hydrogen-bond acceptors (Lipinski definition) is 6. The van der Waals surface area contributed by atoms with E-state index in [-0.39, 0.29) is 30.7 Å². The number of carbonyl (C=O) groups excluding carboxylic acids is 2. The summed E-state index contributed by atoms with van der Waals surface area (Å²) in [6.45, 7) is 1.06. The van der Waals surface area contributed by atoms with E-state index >= 15 is 0 Å². The molecular formula is C19H23N5O3. The van der Waals surface area contributed by atoms with Crippen molar-refractivity contribution in [1.82, 2.24) is 25.3 Å². The van der Waals surface area contributed by atoms with Gasteiger partial charge in [0.05, 0.1) is 24.7 Å². The van der Waals surface area contributed by atoms with Crippen LogP contribution in [0.1, 0.15) is 55.4 Å². The van der Waals surface area contributed by atoms with Crippen molar-refractivity contribution < 1.29 is 14.1 Å². The number of hydrogen-bond donors (Lipinski definition) is 1. The van der Waals surface area contributed by atoms with Gasteiger partial charge in [-0.15, -0.1) is 0 Å². The second-order valence-electron chi connectivity index (χ2n) is 7.24. The molecule has 1 atom stereocenters. The van der Waals surface area contributed by atoms with E-state index in [1.807, 2.05) is 18.2 Å². The van der Waals surface area contributed by atoms with Crippen molar-refractivity contribution in [2.75, 3.05) is 6.54 Å². The molecule has 2 aromatic rings. The van der Waals surface area contributed by atoms with E-state index in [0.717, 1.165) is 18.5 Å². The van der Waals surface area contributed by atoms with Crippen molar-refractivity contribution in [3.8, 4) is 0 Å². The highest BCUT2D eigenvalue weighted by molar-refractivity contribution is 5.89. The predicted octanol–water partition coefficient (Wildman–Crippen LogP) is 1.79. The van der Waals surface area contributed by atoms with Crippen LogP contribution in [-0.2, 0) is 22.7 Å². The summed E-state index contributed by atoms with van der Waals surface area (Å²) >= 11 is 0. The summed E-state index contributed by atoms with van der Waals surface area (Å²) in [5.74, 6) is 0.981. The monoisotopic (exact) mass is 369 g/mol. The van der Waals surface area contributed by atoms with E-state index in [1.54, 1.807) is 11.1 Å². The molecule has 0 unspecified atom stereocenters. The second kappa shape index (κ2) is 7.85. The van der Waals surface area contributed by atoms with Gasteiger partial charge in [0.25, 0.3) is 0 Å². The zero-order chi connectivity index (χ0) is 18.6. The number of carbonyl (C=O) groups is 2. The van der Waals surface area contributed by atoms with E-state index in [2.05, 4.69) is 20.4 Å². The number of nitrogens with zero attached hydrogens (tertiary/aromatic N) is 4. The Kier molecular flexibility index (Phi) is 5.13. The van der Waals surface area contributed by atoms with Crippen molar-refractivity contribution in [2.45, 2.75) is 51.1 Å². The molecule has 4 rings (SSSR count). The van der Waals surface area contributed by atoms with Gasteiger partial charge in [-0.3, -0.25) is 14.6 Å². The molecule has 3 heterocycles. The summed E-state index contributed by atoms with van der Waals surface area (Å²) in [5.41, 5.74) is 0.818. The molecule has 27 heavy (non-hydrogen) atoms. The minimum absolute atomic E-state index is 0.0242. The predicted molar refractivity (Wildman–Crippen MR) is 95.1 cm³/mol. The zero-order valence-corrected chi connectivity index (χ0v) is 15.1. The Morgan fingerprint density at radius 3 is 2.93 bits per heavy atom. The lowest BCUT2D eigenvalue weighted by atomic mass is 10.1. The second-order valence-corrected chi connectivity index (χ2v) is 7.24. The van der Waals surface area contributed by atoms with Crippen molar-refractivity contribution in [3.05, 3.63) is 41.8 Å². The van der Waals surface area contributed by atoms with Gasteiger partial charge in [0, 0.05) is 25.1 Å². The maximum absolute atomic E-state index is 12.4. The molecule has 8 heteroatoms. The van der Waals surface area contributed by atoms with E-state index in [1.165, 1.54) is 12.8 Å². The van der Waals surface area contributed by atoms with Gasteiger partial charge < -0.3 is 14.7 Å². The van der Waals surface area contributed by atoms with Crippen LogP contribution in [0.2, 0.25) is 0 Å². The van der Waals surface area contributed by atoms with Crippen LogP contribution in [0.5, 0.6) is 0 Å². The van der Waals surface area contributed by atoms with Crippen LogP contribution in [0.3, 0.4) is 0 Å². The quantitative estimate of drug-likeness (QED) is 0.833. The highest BCUT2D eigenvalue weighted by atomic mass is 16.5. The molecule has 2 fully saturated rings. The first-order valence-corrected chi connectivity index (χ1v) is 9.47. The molecular weight excluding hydrogens is 346 g/mol. The number of nitrogens with one attached hydrogen (secondary N) is 1. The fourth-order valence-corrected chi connectivity index (χ4v) is 3.78. The maximum atomic E-state index is 12.4. The first-order chi connectivity index (χ1) is 13.2. The van der Waals surface area contributed by atoms with Crippen LogP contribution in [0.15, 0.2) is 28.9 Å². The summed E-state index contributed by atoms with van der Waals surface area (Å²) < 4.78 is 5.33. The Hall–Kier alpha value is -2.77. The third-order valence-electron chi connectivity index (χ3n) is 5.27. The van der Waals surface area contributed by atoms with Gasteiger partial charge in [-0.25, -0.2) is 0 Å². The van der Waals surface area contributed by atoms with Crippen molar-refractivity contribution in [1.29, 1.82) is 0 Å². The minimum Gasteiger partial charge on any atom is -0.348 e. The topological polar surface area (TPSA) is 101 Å². The van der Waals surface area contributed by atoms with Gasteiger partial charge in [0.2, 0.25) is 17.7 Å². The average molecular weight is 369 g/mol. The standard InChI is InChI=1S/C19H23N5O3/c25-17-9-14(11-24(17)12-15-7-3-4-8-20-15)18(26)21-10-16-22-19(27-23-16)13-5-1-2-6-13/h3-4,7-8,13-14H,1-2,5-6,9-12H2,(H,21,26)/t14-/m0/s1. The molecule has 0 aromatic carbocycles. The van der Waals surface area contributed by atoms with Crippen LogP contribution in [0.25, 0.3) is 0 Å². The lowest BCUT2D eigenvalue weighted by Crippen LogP contribution is -2.32. The maximum Gasteiger partial charge on any atom is 0.229 e. The van der Waals surface area contributed by atoms with E-state index in [4.69, 9.17) is 4.52 Å². The van der Waals surface area contributed by atoms with Gasteiger partial charge in [0.15, 0.2) is 5.82 Å². The van der Waals surface area contributed by atoms with Crippen LogP contribution in [0.4, 0.5) is 0 Å².